The number of nitrogens with one attached hydrogen (secondary N) is 2. The van der Waals surface area contributed by atoms with Crippen LogP contribution in [0.3, 0.4) is 0 Å². The summed E-state index contributed by atoms with van der Waals surface area (Å²) in [5, 5.41) is 8.80. The number of hydrogen-bond acceptors (Lipinski definition) is 10. The molecule has 0 aromatic heterocycles. The fraction of sp³-hybridized carbons (Fsp3) is 0.895. The Kier molecular flexibility index (Phi) is 29.8. The number of carbonyl (C=O) groups excluding carboxylic acids is 4. The summed E-state index contributed by atoms with van der Waals surface area (Å²) in [6, 6.07) is -1.07. The van der Waals surface area contributed by atoms with Crippen molar-refractivity contribution in [3.63, 3.8) is 0 Å². The van der Waals surface area contributed by atoms with Crippen LogP contribution in [0.15, 0.2) is 5.11 Å². The molecule has 0 fully saturated rings. The number of unbranched alkanes of at least 4 members (excludes halogenated alkanes) is 13. The predicted octanol–water partition coefficient (Wildman–Crippen LogP) is 7.26. The SMILES string of the molecule is CC(C)(C)OC(=O)CCCCCCCCCCCCCCCCC(=O)NC(CC(=O)NCCOCCOCCOCCN=[N+]=[N-])C(=O)OC(C)(C)C. The molecule has 0 aliphatic rings. The lowest BCUT2D eigenvalue weighted by Crippen LogP contribution is -2.47. The summed E-state index contributed by atoms with van der Waals surface area (Å²) in [4.78, 5) is 52.4. The molecular weight excluding hydrogens is 670 g/mol. The van der Waals surface area contributed by atoms with Crippen LogP contribution in [0.25, 0.3) is 10.4 Å². The van der Waals surface area contributed by atoms with Gasteiger partial charge in [-0.15, -0.1) is 0 Å². The van der Waals surface area contributed by atoms with Crippen molar-refractivity contribution in [1.29, 1.82) is 0 Å². The summed E-state index contributed by atoms with van der Waals surface area (Å²) >= 11 is 0. The maximum Gasteiger partial charge on any atom is 0.329 e. The minimum atomic E-state index is -1.07. The first kappa shape index (κ1) is 49.1. The van der Waals surface area contributed by atoms with E-state index in [0.29, 0.717) is 45.9 Å². The van der Waals surface area contributed by atoms with Crippen molar-refractivity contribution in [3.8, 4) is 0 Å². The molecular formula is C38H71N5O9. The number of amides is 2. The largest absolute Gasteiger partial charge is 0.460 e. The van der Waals surface area contributed by atoms with Gasteiger partial charge in [-0.1, -0.05) is 82.2 Å². The van der Waals surface area contributed by atoms with E-state index in [1.807, 2.05) is 20.8 Å². The molecule has 0 aliphatic carbocycles. The van der Waals surface area contributed by atoms with Gasteiger partial charge in [0.1, 0.15) is 17.2 Å². The topological polar surface area (TPSA) is 187 Å². The van der Waals surface area contributed by atoms with Gasteiger partial charge in [-0.2, -0.15) is 0 Å². The van der Waals surface area contributed by atoms with Crippen LogP contribution < -0.4 is 10.6 Å². The molecule has 0 radical (unpaired) electrons. The highest BCUT2D eigenvalue weighted by Gasteiger charge is 2.28. The maximum atomic E-state index is 12.8. The molecule has 2 N–H and O–H groups in total. The molecule has 0 rings (SSSR count). The molecule has 0 saturated carbocycles. The van der Waals surface area contributed by atoms with Gasteiger partial charge in [0, 0.05) is 30.8 Å². The van der Waals surface area contributed by atoms with Gasteiger partial charge in [0.05, 0.1) is 46.1 Å². The lowest BCUT2D eigenvalue weighted by atomic mass is 10.0. The number of nitrogens with zero attached hydrogens (tertiary/aromatic N) is 3. The van der Waals surface area contributed by atoms with E-state index in [1.54, 1.807) is 20.8 Å². The van der Waals surface area contributed by atoms with E-state index >= 15 is 0 Å². The maximum absolute atomic E-state index is 12.8. The average Bonchev–Trinajstić information content (AvgIpc) is 3.04. The lowest BCUT2D eigenvalue weighted by Gasteiger charge is -2.24. The van der Waals surface area contributed by atoms with Crippen LogP contribution in [0.5, 0.6) is 0 Å². The van der Waals surface area contributed by atoms with E-state index in [1.165, 1.54) is 51.4 Å². The standard InChI is InChI=1S/C38H71N5O9/c1-37(2,3)51-35(46)22-20-18-16-14-12-10-8-7-9-11-13-15-17-19-21-33(44)42-32(36(47)52-38(4,5)6)31-34(45)40-23-25-48-27-29-50-30-28-49-26-24-41-43-39/h32H,7-31H2,1-6H3,(H,40,45)(H,42,44). The van der Waals surface area contributed by atoms with E-state index < -0.39 is 23.2 Å². The molecule has 14 nitrogen and oxygen atoms in total. The Morgan fingerprint density at radius 1 is 0.596 bits per heavy atom. The van der Waals surface area contributed by atoms with Crippen molar-refractivity contribution in [2.75, 3.05) is 52.7 Å². The number of carbonyl (C=O) groups is 4. The molecule has 14 heteroatoms. The Balaban J connectivity index is 4.00. The van der Waals surface area contributed by atoms with Crippen LogP contribution in [0.4, 0.5) is 0 Å². The number of hydrogen-bond donors (Lipinski definition) is 2. The third-order valence-electron chi connectivity index (χ3n) is 7.58. The molecule has 52 heavy (non-hydrogen) atoms. The molecule has 0 heterocycles. The van der Waals surface area contributed by atoms with E-state index in [9.17, 15) is 19.2 Å². The second-order valence-corrected chi connectivity index (χ2v) is 15.0. The third kappa shape index (κ3) is 35.5. The normalized spacial score (nSPS) is 12.1. The monoisotopic (exact) mass is 742 g/mol. The molecule has 2 amide bonds. The molecule has 302 valence electrons. The van der Waals surface area contributed by atoms with Crippen LogP contribution in [-0.4, -0.2) is 93.7 Å². The van der Waals surface area contributed by atoms with Crippen molar-refractivity contribution >= 4 is 23.8 Å². The first-order chi connectivity index (χ1) is 24.7. The Morgan fingerprint density at radius 2 is 1.04 bits per heavy atom. The van der Waals surface area contributed by atoms with Gasteiger partial charge in [-0.05, 0) is 59.9 Å². The van der Waals surface area contributed by atoms with E-state index in [2.05, 4.69) is 20.7 Å². The highest BCUT2D eigenvalue weighted by molar-refractivity contribution is 5.89. The summed E-state index contributed by atoms with van der Waals surface area (Å²) in [6.45, 7) is 13.5. The van der Waals surface area contributed by atoms with Gasteiger partial charge in [0.25, 0.3) is 0 Å². The van der Waals surface area contributed by atoms with Crippen molar-refractivity contribution in [3.05, 3.63) is 10.4 Å². The highest BCUT2D eigenvalue weighted by Crippen LogP contribution is 2.15. The van der Waals surface area contributed by atoms with Crippen molar-refractivity contribution in [2.45, 2.75) is 168 Å². The van der Waals surface area contributed by atoms with Crippen molar-refractivity contribution in [1.82, 2.24) is 10.6 Å². The predicted molar refractivity (Wildman–Crippen MR) is 202 cm³/mol. The van der Waals surface area contributed by atoms with Crippen LogP contribution in [-0.2, 0) is 42.9 Å². The quantitative estimate of drug-likeness (QED) is 0.0229. The van der Waals surface area contributed by atoms with Gasteiger partial charge in [0.2, 0.25) is 11.8 Å². The van der Waals surface area contributed by atoms with Crippen molar-refractivity contribution in [2.24, 2.45) is 5.11 Å². The molecule has 1 atom stereocenters. The van der Waals surface area contributed by atoms with Gasteiger partial charge in [-0.3, -0.25) is 14.4 Å². The average molecular weight is 742 g/mol. The molecule has 0 aromatic carbocycles. The van der Waals surface area contributed by atoms with Crippen LogP contribution in [0.2, 0.25) is 0 Å². The molecule has 0 bridgehead atoms. The fourth-order valence-electron chi connectivity index (χ4n) is 5.11. The Morgan fingerprint density at radius 3 is 1.52 bits per heavy atom. The number of rotatable bonds is 33. The first-order valence-electron chi connectivity index (χ1n) is 19.5. The second kappa shape index (κ2) is 31.6. The Bertz CT molecular complexity index is 1010. The first-order valence-corrected chi connectivity index (χ1v) is 19.5. The van der Waals surface area contributed by atoms with Gasteiger partial charge in [-0.25, -0.2) is 4.79 Å². The Hall–Kier alpha value is -2.93. The zero-order chi connectivity index (χ0) is 38.9. The second-order valence-electron chi connectivity index (χ2n) is 15.0. The van der Waals surface area contributed by atoms with Crippen LogP contribution in [0, 0.1) is 0 Å². The lowest BCUT2D eigenvalue weighted by molar-refractivity contribution is -0.159. The van der Waals surface area contributed by atoms with E-state index in [0.717, 1.165) is 38.5 Å². The molecule has 0 aliphatic heterocycles. The summed E-state index contributed by atoms with van der Waals surface area (Å²) in [5.41, 5.74) is 7.04. The molecule has 0 spiro atoms. The summed E-state index contributed by atoms with van der Waals surface area (Å²) in [5.74, 6) is -1.39. The van der Waals surface area contributed by atoms with Crippen LogP contribution >= 0.6 is 0 Å². The zero-order valence-corrected chi connectivity index (χ0v) is 33.3. The fourth-order valence-corrected chi connectivity index (χ4v) is 5.11. The number of azide groups is 1. The summed E-state index contributed by atoms with van der Waals surface area (Å²) in [7, 11) is 0. The third-order valence-corrected chi connectivity index (χ3v) is 7.58. The van der Waals surface area contributed by atoms with Crippen molar-refractivity contribution < 1.29 is 42.9 Å². The van der Waals surface area contributed by atoms with Crippen LogP contribution in [0.1, 0.15) is 151 Å². The van der Waals surface area contributed by atoms with Gasteiger partial charge in [0.15, 0.2) is 0 Å². The number of esters is 2. The minimum Gasteiger partial charge on any atom is -0.460 e. The summed E-state index contributed by atoms with van der Waals surface area (Å²) in [6.07, 6.45) is 16.3. The van der Waals surface area contributed by atoms with Gasteiger partial charge < -0.3 is 34.3 Å². The molecule has 1 unspecified atom stereocenters. The minimum absolute atomic E-state index is 0.0968. The molecule has 0 saturated heterocycles. The summed E-state index contributed by atoms with van der Waals surface area (Å²) < 4.78 is 26.9. The van der Waals surface area contributed by atoms with E-state index in [4.69, 9.17) is 29.2 Å². The van der Waals surface area contributed by atoms with Gasteiger partial charge >= 0.3 is 11.9 Å². The number of ether oxygens (including phenoxy) is 5. The molecule has 0 aromatic rings. The van der Waals surface area contributed by atoms with E-state index in [-0.39, 0.29) is 43.9 Å². The Labute approximate surface area is 313 Å². The highest BCUT2D eigenvalue weighted by atomic mass is 16.6. The zero-order valence-electron chi connectivity index (χ0n) is 33.3. The smallest absolute Gasteiger partial charge is 0.329 e.